The number of rotatable bonds is 7. The van der Waals surface area contributed by atoms with E-state index in [1.54, 1.807) is 0 Å². The van der Waals surface area contributed by atoms with Gasteiger partial charge in [0.05, 0.1) is 22.4 Å². The van der Waals surface area contributed by atoms with E-state index in [2.05, 4.69) is 17.0 Å². The molecule has 0 saturated heterocycles. The molecule has 2 amide bonds. The summed E-state index contributed by atoms with van der Waals surface area (Å²) in [6.07, 6.45) is 2.64. The van der Waals surface area contributed by atoms with Crippen LogP contribution >= 0.6 is 0 Å². The van der Waals surface area contributed by atoms with Crippen LogP contribution in [-0.4, -0.2) is 44.7 Å². The van der Waals surface area contributed by atoms with Gasteiger partial charge in [-0.05, 0) is 24.3 Å². The van der Waals surface area contributed by atoms with E-state index in [1.165, 1.54) is 17.1 Å². The molecule has 0 N–H and O–H groups in total. The number of carbonyl (C=O) groups excluding carboxylic acids is 2. The molecule has 2 aromatic heterocycles. The Morgan fingerprint density at radius 2 is 1.16 bits per heavy atom. The fourth-order valence-electron chi connectivity index (χ4n) is 3.96. The van der Waals surface area contributed by atoms with Gasteiger partial charge in [0, 0.05) is 49.1 Å². The van der Waals surface area contributed by atoms with Gasteiger partial charge in [-0.2, -0.15) is 0 Å². The molecule has 6 heteroatoms. The Morgan fingerprint density at radius 3 is 1.69 bits per heavy atom. The topological polar surface area (TPSA) is 66.4 Å². The maximum atomic E-state index is 12.0. The molecule has 5 rings (SSSR count). The Morgan fingerprint density at radius 1 is 0.656 bits per heavy atom. The zero-order valence-corrected chi connectivity index (χ0v) is 17.5. The molecule has 0 saturated carbocycles. The number of pyridine rings is 2. The van der Waals surface area contributed by atoms with Gasteiger partial charge in [-0.15, -0.1) is 0 Å². The average molecular weight is 422 g/mol. The molecular weight excluding hydrogens is 400 g/mol. The lowest BCUT2D eigenvalue weighted by atomic mass is 10.2. The number of imide groups is 1. The lowest BCUT2D eigenvalue weighted by Gasteiger charge is -2.24. The van der Waals surface area contributed by atoms with E-state index in [1.807, 2.05) is 60.7 Å². The molecule has 3 heterocycles. The monoisotopic (exact) mass is 422 g/mol. The summed E-state index contributed by atoms with van der Waals surface area (Å²) < 4.78 is 0. The number of hydrogen-bond donors (Lipinski definition) is 0. The second-order valence-electron chi connectivity index (χ2n) is 7.86. The largest absolute Gasteiger partial charge is 0.290 e. The number of fused-ring (bicyclic) bond motifs is 2. The Hall–Kier alpha value is -3.90. The van der Waals surface area contributed by atoms with Gasteiger partial charge in [0.15, 0.2) is 0 Å². The van der Waals surface area contributed by atoms with Crippen molar-refractivity contribution in [3.05, 3.63) is 96.3 Å². The summed E-state index contributed by atoms with van der Waals surface area (Å²) >= 11 is 0. The SMILES string of the molecule is O=C1C=CC(=O)N1CCN(Cc1ccc2ccccc2n1)Cc1ccc2ccccc2n1. The zero-order valence-electron chi connectivity index (χ0n) is 17.5. The second kappa shape index (κ2) is 8.69. The zero-order chi connectivity index (χ0) is 21.9. The van der Waals surface area contributed by atoms with Crippen molar-refractivity contribution in [2.24, 2.45) is 0 Å². The van der Waals surface area contributed by atoms with Crippen LogP contribution in [-0.2, 0) is 22.7 Å². The number of hydrogen-bond acceptors (Lipinski definition) is 5. The molecule has 0 aliphatic carbocycles. The maximum Gasteiger partial charge on any atom is 0.253 e. The van der Waals surface area contributed by atoms with E-state index in [0.29, 0.717) is 26.2 Å². The minimum Gasteiger partial charge on any atom is -0.290 e. The van der Waals surface area contributed by atoms with Crippen molar-refractivity contribution in [3.8, 4) is 0 Å². The molecule has 0 unspecified atom stereocenters. The summed E-state index contributed by atoms with van der Waals surface area (Å²) in [5.74, 6) is -0.523. The van der Waals surface area contributed by atoms with Crippen LogP contribution in [0.5, 0.6) is 0 Å². The van der Waals surface area contributed by atoms with Gasteiger partial charge >= 0.3 is 0 Å². The van der Waals surface area contributed by atoms with Crippen molar-refractivity contribution < 1.29 is 9.59 Å². The van der Waals surface area contributed by atoms with Crippen LogP contribution in [0.4, 0.5) is 0 Å². The molecule has 0 atom stereocenters. The predicted molar refractivity (Wildman–Crippen MR) is 123 cm³/mol. The Labute approximate surface area is 185 Å². The number of para-hydroxylation sites is 2. The number of aromatic nitrogens is 2. The van der Waals surface area contributed by atoms with E-state index in [0.717, 1.165) is 33.2 Å². The van der Waals surface area contributed by atoms with Gasteiger partial charge < -0.3 is 0 Å². The number of nitrogens with zero attached hydrogens (tertiary/aromatic N) is 4. The van der Waals surface area contributed by atoms with Crippen LogP contribution in [0.1, 0.15) is 11.4 Å². The number of amides is 2. The molecule has 158 valence electrons. The third-order valence-electron chi connectivity index (χ3n) is 5.62. The van der Waals surface area contributed by atoms with Crippen molar-refractivity contribution in [1.82, 2.24) is 19.8 Å². The highest BCUT2D eigenvalue weighted by molar-refractivity contribution is 6.12. The van der Waals surface area contributed by atoms with E-state index in [9.17, 15) is 9.59 Å². The van der Waals surface area contributed by atoms with Crippen LogP contribution in [0, 0.1) is 0 Å². The minimum absolute atomic E-state index is 0.261. The van der Waals surface area contributed by atoms with Crippen molar-refractivity contribution in [2.75, 3.05) is 13.1 Å². The van der Waals surface area contributed by atoms with E-state index in [4.69, 9.17) is 9.97 Å². The highest BCUT2D eigenvalue weighted by atomic mass is 16.2. The average Bonchev–Trinajstić information content (AvgIpc) is 3.14. The van der Waals surface area contributed by atoms with Gasteiger partial charge in [-0.25, -0.2) is 0 Å². The molecule has 0 fully saturated rings. The molecule has 2 aromatic carbocycles. The van der Waals surface area contributed by atoms with E-state index >= 15 is 0 Å². The van der Waals surface area contributed by atoms with E-state index < -0.39 is 0 Å². The number of carbonyl (C=O) groups is 2. The van der Waals surface area contributed by atoms with Crippen molar-refractivity contribution >= 4 is 33.6 Å². The molecule has 0 bridgehead atoms. The molecule has 0 spiro atoms. The molecule has 1 aliphatic heterocycles. The third-order valence-corrected chi connectivity index (χ3v) is 5.62. The van der Waals surface area contributed by atoms with Crippen LogP contribution in [0.3, 0.4) is 0 Å². The summed E-state index contributed by atoms with van der Waals surface area (Å²) in [5.41, 5.74) is 3.76. The van der Waals surface area contributed by atoms with Crippen LogP contribution in [0.15, 0.2) is 84.9 Å². The summed E-state index contributed by atoms with van der Waals surface area (Å²) in [4.78, 5) is 37.0. The highest BCUT2D eigenvalue weighted by Crippen LogP contribution is 2.17. The molecule has 0 radical (unpaired) electrons. The maximum absolute atomic E-state index is 12.0. The highest BCUT2D eigenvalue weighted by Gasteiger charge is 2.24. The summed E-state index contributed by atoms with van der Waals surface area (Å²) in [7, 11) is 0. The standard InChI is InChI=1S/C26H22N4O2/c31-25-13-14-26(32)30(25)16-15-29(17-21-11-9-19-5-1-3-7-23(19)27-21)18-22-12-10-20-6-2-4-8-24(20)28-22/h1-14H,15-18H2. The fraction of sp³-hybridized carbons (Fsp3) is 0.154. The van der Waals surface area contributed by atoms with Crippen LogP contribution < -0.4 is 0 Å². The van der Waals surface area contributed by atoms with Gasteiger partial charge in [0.1, 0.15) is 0 Å². The first-order valence-electron chi connectivity index (χ1n) is 10.6. The predicted octanol–water partition coefficient (Wildman–Crippen LogP) is 3.71. The van der Waals surface area contributed by atoms with Crippen LogP contribution in [0.25, 0.3) is 21.8 Å². The van der Waals surface area contributed by atoms with Crippen molar-refractivity contribution in [1.29, 1.82) is 0 Å². The fourth-order valence-corrected chi connectivity index (χ4v) is 3.96. The van der Waals surface area contributed by atoms with Gasteiger partial charge in [-0.3, -0.25) is 29.4 Å². The lowest BCUT2D eigenvalue weighted by Crippen LogP contribution is -2.38. The van der Waals surface area contributed by atoms with Crippen molar-refractivity contribution in [2.45, 2.75) is 13.1 Å². The molecule has 32 heavy (non-hydrogen) atoms. The first-order valence-corrected chi connectivity index (χ1v) is 10.6. The molecular formula is C26H22N4O2. The lowest BCUT2D eigenvalue weighted by molar-refractivity contribution is -0.137. The summed E-state index contributed by atoms with van der Waals surface area (Å²) in [6, 6.07) is 24.2. The van der Waals surface area contributed by atoms with Gasteiger partial charge in [0.2, 0.25) is 0 Å². The molecule has 1 aliphatic rings. The van der Waals surface area contributed by atoms with Crippen molar-refractivity contribution in [3.63, 3.8) is 0 Å². The second-order valence-corrected chi connectivity index (χ2v) is 7.86. The Balaban J connectivity index is 1.38. The minimum atomic E-state index is -0.261. The van der Waals surface area contributed by atoms with Gasteiger partial charge in [-0.1, -0.05) is 48.5 Å². The molecule has 4 aromatic rings. The first-order chi connectivity index (χ1) is 15.7. The number of benzene rings is 2. The Kier molecular flexibility index (Phi) is 5.44. The third kappa shape index (κ3) is 4.26. The summed E-state index contributed by atoms with van der Waals surface area (Å²) in [5, 5.41) is 2.19. The quantitative estimate of drug-likeness (QED) is 0.425. The summed E-state index contributed by atoms with van der Waals surface area (Å²) in [6.45, 7) is 2.03. The van der Waals surface area contributed by atoms with Crippen LogP contribution in [0.2, 0.25) is 0 Å². The van der Waals surface area contributed by atoms with E-state index in [-0.39, 0.29) is 11.8 Å². The van der Waals surface area contributed by atoms with Gasteiger partial charge in [0.25, 0.3) is 11.8 Å². The normalized spacial score (nSPS) is 13.7. The Bertz CT molecular complexity index is 1250. The molecule has 6 nitrogen and oxygen atoms in total. The first kappa shape index (κ1) is 20.0. The smallest absolute Gasteiger partial charge is 0.253 e.